The van der Waals surface area contributed by atoms with Crippen molar-refractivity contribution in [3.63, 3.8) is 0 Å². The smallest absolute Gasteiger partial charge is 0.333 e. The lowest BCUT2D eigenvalue weighted by Crippen LogP contribution is -2.36. The molecule has 1 aromatic rings. The predicted molar refractivity (Wildman–Crippen MR) is 98.8 cm³/mol. The van der Waals surface area contributed by atoms with Crippen LogP contribution in [0.4, 0.5) is 18.9 Å². The molecule has 1 aromatic carbocycles. The van der Waals surface area contributed by atoms with Crippen molar-refractivity contribution in [2.75, 3.05) is 31.5 Å². The molecule has 0 radical (unpaired) electrons. The summed E-state index contributed by atoms with van der Waals surface area (Å²) in [5.41, 5.74) is 0.138. The lowest BCUT2D eigenvalue weighted by atomic mass is 10.1. The third kappa shape index (κ3) is 5.01. The number of sulfonamides is 1. The van der Waals surface area contributed by atoms with E-state index in [2.05, 4.69) is 5.32 Å². The molecule has 1 unspecified atom stereocenters. The molecular weight excluding hydrogens is 435 g/mol. The van der Waals surface area contributed by atoms with Crippen molar-refractivity contribution in [3.05, 3.63) is 23.2 Å². The Balaban J connectivity index is 1.72. The Hall–Kier alpha value is -1.85. The first-order valence-corrected chi connectivity index (χ1v) is 10.7. The topological polar surface area (TPSA) is 86.8 Å². The maximum absolute atomic E-state index is 12.7. The lowest BCUT2D eigenvalue weighted by molar-refractivity contribution is -0.157. The molecule has 3 rings (SSSR count). The van der Waals surface area contributed by atoms with Gasteiger partial charge in [-0.25, -0.2) is 8.42 Å². The van der Waals surface area contributed by atoms with E-state index in [1.54, 1.807) is 0 Å². The molecule has 1 atom stereocenters. The third-order valence-corrected chi connectivity index (χ3v) is 7.22. The van der Waals surface area contributed by atoms with E-state index in [0.29, 0.717) is 18.0 Å². The lowest BCUT2D eigenvalue weighted by Gasteiger charge is -2.19. The largest absolute Gasteiger partial charge is 0.406 e. The fraction of sp³-hybridized carbons (Fsp3) is 0.529. The van der Waals surface area contributed by atoms with Gasteiger partial charge in [0.2, 0.25) is 21.8 Å². The number of benzene rings is 1. The van der Waals surface area contributed by atoms with Crippen molar-refractivity contribution >= 4 is 39.1 Å². The van der Waals surface area contributed by atoms with Gasteiger partial charge in [-0.3, -0.25) is 9.59 Å². The summed E-state index contributed by atoms with van der Waals surface area (Å²) in [6, 6.07) is 3.95. The Morgan fingerprint density at radius 3 is 2.52 bits per heavy atom. The highest BCUT2D eigenvalue weighted by molar-refractivity contribution is 7.89. The molecule has 0 aliphatic carbocycles. The van der Waals surface area contributed by atoms with Crippen LogP contribution in [0.1, 0.15) is 19.3 Å². The summed E-state index contributed by atoms with van der Waals surface area (Å²) in [4.78, 5) is 24.6. The van der Waals surface area contributed by atoms with E-state index in [4.69, 9.17) is 11.6 Å². The minimum Gasteiger partial charge on any atom is -0.333 e. The fourth-order valence-electron chi connectivity index (χ4n) is 3.41. The molecule has 0 spiro atoms. The second-order valence-electron chi connectivity index (χ2n) is 7.04. The van der Waals surface area contributed by atoms with Gasteiger partial charge in [0.05, 0.1) is 10.9 Å². The number of rotatable bonds is 5. The number of likely N-dealkylation sites (tertiary alicyclic amines) is 1. The maximum Gasteiger partial charge on any atom is 0.406 e. The van der Waals surface area contributed by atoms with Crippen molar-refractivity contribution in [2.24, 2.45) is 5.92 Å². The molecule has 0 saturated carbocycles. The summed E-state index contributed by atoms with van der Waals surface area (Å²) in [6.45, 7) is -0.992. The van der Waals surface area contributed by atoms with Crippen molar-refractivity contribution in [1.82, 2.24) is 9.21 Å². The number of hydrogen-bond donors (Lipinski definition) is 1. The standard InChI is InChI=1S/C17H19ClF3N3O4S/c18-13-4-3-12(8-14(13)29(27,28)24-5-1-2-6-24)22-16(26)11-7-15(25)23(9-11)10-17(19,20)21/h3-4,8,11H,1-2,5-7,9-10H2,(H,22,26). The third-order valence-electron chi connectivity index (χ3n) is 4.84. The van der Waals surface area contributed by atoms with Gasteiger partial charge in [-0.05, 0) is 31.0 Å². The van der Waals surface area contributed by atoms with Gasteiger partial charge in [0.15, 0.2) is 0 Å². The Morgan fingerprint density at radius 2 is 1.90 bits per heavy atom. The average molecular weight is 454 g/mol. The van der Waals surface area contributed by atoms with Crippen LogP contribution < -0.4 is 5.32 Å². The van der Waals surface area contributed by atoms with E-state index >= 15 is 0 Å². The van der Waals surface area contributed by atoms with Crippen molar-refractivity contribution in [3.8, 4) is 0 Å². The number of carbonyl (C=O) groups excluding carboxylic acids is 2. The molecule has 2 heterocycles. The van der Waals surface area contributed by atoms with E-state index in [1.165, 1.54) is 22.5 Å². The highest BCUT2D eigenvalue weighted by Crippen LogP contribution is 2.30. The molecule has 160 valence electrons. The van der Waals surface area contributed by atoms with Gasteiger partial charge >= 0.3 is 6.18 Å². The molecule has 2 saturated heterocycles. The summed E-state index contributed by atoms with van der Waals surface area (Å²) < 4.78 is 64.3. The molecule has 2 aliphatic heterocycles. The van der Waals surface area contributed by atoms with Crippen LogP contribution in [0, 0.1) is 5.92 Å². The average Bonchev–Trinajstić information content (AvgIpc) is 3.26. The number of anilines is 1. The summed E-state index contributed by atoms with van der Waals surface area (Å²) >= 11 is 6.05. The first kappa shape index (κ1) is 21.8. The number of amides is 2. The number of halogens is 4. The Bertz CT molecular complexity index is 917. The Labute approximate surface area is 170 Å². The molecule has 7 nitrogen and oxygen atoms in total. The van der Waals surface area contributed by atoms with Crippen LogP contribution in [-0.2, 0) is 19.6 Å². The molecule has 0 aromatic heterocycles. The maximum atomic E-state index is 12.7. The van der Waals surface area contributed by atoms with E-state index in [1.807, 2.05) is 0 Å². The summed E-state index contributed by atoms with van der Waals surface area (Å²) in [7, 11) is -3.82. The van der Waals surface area contributed by atoms with Gasteiger partial charge in [0.25, 0.3) is 0 Å². The summed E-state index contributed by atoms with van der Waals surface area (Å²) in [6.07, 6.45) is -3.39. The van der Waals surface area contributed by atoms with Crippen LogP contribution in [0.5, 0.6) is 0 Å². The molecular formula is C17H19ClF3N3O4S. The first-order chi connectivity index (χ1) is 13.5. The van der Waals surface area contributed by atoms with Crippen LogP contribution in [0.25, 0.3) is 0 Å². The van der Waals surface area contributed by atoms with Gasteiger partial charge in [-0.2, -0.15) is 17.5 Å². The second-order valence-corrected chi connectivity index (χ2v) is 9.35. The van der Waals surface area contributed by atoms with Gasteiger partial charge in [0, 0.05) is 31.7 Å². The number of hydrogen-bond acceptors (Lipinski definition) is 4. The molecule has 2 fully saturated rings. The minimum absolute atomic E-state index is 0.00213. The SMILES string of the molecule is O=C(Nc1ccc(Cl)c(S(=O)(=O)N2CCCC2)c1)C1CC(=O)N(CC(F)(F)F)C1. The number of carbonyl (C=O) groups is 2. The first-order valence-electron chi connectivity index (χ1n) is 8.92. The van der Waals surface area contributed by atoms with Crippen LogP contribution in [0.3, 0.4) is 0 Å². The van der Waals surface area contributed by atoms with Crippen LogP contribution in [-0.4, -0.2) is 61.8 Å². The van der Waals surface area contributed by atoms with E-state index in [-0.39, 0.29) is 28.6 Å². The van der Waals surface area contributed by atoms with Crippen molar-refractivity contribution < 1.29 is 31.2 Å². The number of nitrogens with zero attached hydrogens (tertiary/aromatic N) is 2. The molecule has 1 N–H and O–H groups in total. The second kappa shape index (κ2) is 8.11. The van der Waals surface area contributed by atoms with Crippen molar-refractivity contribution in [1.29, 1.82) is 0 Å². The van der Waals surface area contributed by atoms with Crippen LogP contribution in [0.2, 0.25) is 5.02 Å². The Morgan fingerprint density at radius 1 is 1.24 bits per heavy atom. The zero-order chi connectivity index (χ0) is 21.4. The Kier molecular flexibility index (Phi) is 6.11. The summed E-state index contributed by atoms with van der Waals surface area (Å²) in [5.74, 6) is -2.37. The molecule has 29 heavy (non-hydrogen) atoms. The van der Waals surface area contributed by atoms with Gasteiger partial charge in [0.1, 0.15) is 11.4 Å². The predicted octanol–water partition coefficient (Wildman–Crippen LogP) is 2.47. The van der Waals surface area contributed by atoms with Crippen LogP contribution >= 0.6 is 11.6 Å². The number of alkyl halides is 3. The minimum atomic E-state index is -4.55. The monoisotopic (exact) mass is 453 g/mol. The van der Waals surface area contributed by atoms with E-state index in [0.717, 1.165) is 12.8 Å². The fourth-order valence-corrected chi connectivity index (χ4v) is 5.43. The van der Waals surface area contributed by atoms with Crippen LogP contribution in [0.15, 0.2) is 23.1 Å². The highest BCUT2D eigenvalue weighted by Gasteiger charge is 2.40. The van der Waals surface area contributed by atoms with Crippen molar-refractivity contribution in [2.45, 2.75) is 30.3 Å². The normalized spacial score (nSPS) is 21.0. The zero-order valence-electron chi connectivity index (χ0n) is 15.2. The van der Waals surface area contributed by atoms with Gasteiger partial charge < -0.3 is 10.2 Å². The van der Waals surface area contributed by atoms with E-state index < -0.39 is 40.5 Å². The summed E-state index contributed by atoms with van der Waals surface area (Å²) in [5, 5.41) is 2.48. The highest BCUT2D eigenvalue weighted by atomic mass is 35.5. The zero-order valence-corrected chi connectivity index (χ0v) is 16.8. The molecule has 2 amide bonds. The van der Waals surface area contributed by atoms with E-state index in [9.17, 15) is 31.2 Å². The molecule has 2 aliphatic rings. The quantitative estimate of drug-likeness (QED) is 0.742. The number of nitrogens with one attached hydrogen (secondary N) is 1. The molecule has 12 heteroatoms. The van der Waals surface area contributed by atoms with Gasteiger partial charge in [-0.15, -0.1) is 0 Å². The molecule has 0 bridgehead atoms. The van der Waals surface area contributed by atoms with Gasteiger partial charge in [-0.1, -0.05) is 11.6 Å².